The predicted octanol–water partition coefficient (Wildman–Crippen LogP) is 7.72. The van der Waals surface area contributed by atoms with Crippen molar-refractivity contribution in [2.45, 2.75) is 125 Å². The lowest BCUT2D eigenvalue weighted by molar-refractivity contribution is -0.180. The summed E-state index contributed by atoms with van der Waals surface area (Å²) in [6.45, 7) is 17.0. The van der Waals surface area contributed by atoms with Crippen LogP contribution in [0.2, 0.25) is 0 Å². The summed E-state index contributed by atoms with van der Waals surface area (Å²) in [5.74, 6) is 4.69. The molecule has 2 rings (SSSR count). The second-order valence-electron chi connectivity index (χ2n) is 11.8. The molecule has 1 nitrogen and oxygen atoms in total. The summed E-state index contributed by atoms with van der Waals surface area (Å²) >= 11 is 0. The number of rotatable bonds is 10. The van der Waals surface area contributed by atoms with Gasteiger partial charge in [0, 0.05) is 5.41 Å². The lowest BCUT2D eigenvalue weighted by Crippen LogP contribution is -2.62. The van der Waals surface area contributed by atoms with Crippen molar-refractivity contribution < 1.29 is 4.43 Å². The highest BCUT2D eigenvalue weighted by Crippen LogP contribution is 2.60. The molecule has 2 unspecified atom stereocenters. The van der Waals surface area contributed by atoms with Crippen molar-refractivity contribution in [2.75, 3.05) is 0 Å². The van der Waals surface area contributed by atoms with E-state index in [1.54, 1.807) is 0 Å². The molecule has 0 N–H and O–H groups in total. The van der Waals surface area contributed by atoms with Crippen molar-refractivity contribution in [3.8, 4) is 0 Å². The van der Waals surface area contributed by atoms with Gasteiger partial charge in [0.25, 0.3) is 0 Å². The number of hydrogen-bond donors (Lipinski definition) is 0. The Morgan fingerprint density at radius 2 is 1.50 bits per heavy atom. The molecule has 2 saturated carbocycles. The first kappa shape index (κ1) is 26.2. The van der Waals surface area contributed by atoms with Crippen LogP contribution < -0.4 is 0 Å². The first-order valence-corrected chi connectivity index (χ1v) is 14.3. The van der Waals surface area contributed by atoms with Crippen LogP contribution >= 0.6 is 0 Å². The Morgan fingerprint density at radius 1 is 0.867 bits per heavy atom. The third-order valence-corrected chi connectivity index (χ3v) is 10.2. The zero-order valence-electron chi connectivity index (χ0n) is 21.8. The topological polar surface area (TPSA) is 9.23 Å². The van der Waals surface area contributed by atoms with Crippen molar-refractivity contribution in [1.82, 2.24) is 0 Å². The van der Waals surface area contributed by atoms with Crippen LogP contribution in [0.3, 0.4) is 0 Å². The van der Waals surface area contributed by atoms with Crippen molar-refractivity contribution in [3.05, 3.63) is 12.2 Å². The Balaban J connectivity index is 1.96. The molecular formula is C28H54OSi. The Kier molecular flexibility index (Phi) is 10.2. The molecule has 2 atom stereocenters. The minimum atomic E-state index is 0.0883. The van der Waals surface area contributed by atoms with Gasteiger partial charge in [0.15, 0.2) is 0 Å². The van der Waals surface area contributed by atoms with E-state index in [0.29, 0.717) is 23.2 Å². The molecule has 0 aromatic carbocycles. The average Bonchev–Trinajstić information content (AvgIpc) is 2.71. The monoisotopic (exact) mass is 434 g/mol. The number of hydrogen-bond acceptors (Lipinski definition) is 1. The second-order valence-corrected chi connectivity index (χ2v) is 12.2. The highest BCUT2D eigenvalue weighted by Gasteiger charge is 2.58. The Labute approximate surface area is 192 Å². The lowest BCUT2D eigenvalue weighted by Gasteiger charge is -2.62. The molecule has 0 aliphatic heterocycles. The summed E-state index contributed by atoms with van der Waals surface area (Å²) in [5, 5.41) is 0. The molecule has 0 saturated heterocycles. The van der Waals surface area contributed by atoms with Crippen molar-refractivity contribution in [1.29, 1.82) is 0 Å². The molecule has 2 aliphatic rings. The van der Waals surface area contributed by atoms with E-state index in [4.69, 9.17) is 4.43 Å². The van der Waals surface area contributed by atoms with Gasteiger partial charge in [-0.25, -0.2) is 0 Å². The quantitative estimate of drug-likeness (QED) is 0.252. The standard InChI is InChI=1S/C28H54OSi/c1-8-11-24-14-16-25(17-15-24)12-9-10-13-26-18-19-28(29-30,23(6)7)27(20-26,21(2)3)22(4)5/h9,12,21-26H,8,10-11,13-20H2,1-7,30H3/b12-9+/t24-,25-,26?,28?. The van der Waals surface area contributed by atoms with E-state index in [2.05, 4.69) is 60.6 Å². The first-order chi connectivity index (χ1) is 14.2. The van der Waals surface area contributed by atoms with E-state index in [9.17, 15) is 0 Å². The minimum absolute atomic E-state index is 0.0883. The lowest BCUT2D eigenvalue weighted by atomic mass is 9.48. The van der Waals surface area contributed by atoms with Crippen molar-refractivity contribution >= 4 is 10.5 Å². The molecule has 2 fully saturated rings. The zero-order valence-corrected chi connectivity index (χ0v) is 23.8. The molecule has 0 spiro atoms. The van der Waals surface area contributed by atoms with E-state index in [1.165, 1.54) is 70.6 Å². The van der Waals surface area contributed by atoms with Crippen LogP contribution in [0.5, 0.6) is 0 Å². The fourth-order valence-corrected chi connectivity index (χ4v) is 8.87. The maximum atomic E-state index is 6.58. The fraction of sp³-hybridized carbons (Fsp3) is 0.929. The minimum Gasteiger partial charge on any atom is -0.422 e. The van der Waals surface area contributed by atoms with Gasteiger partial charge >= 0.3 is 0 Å². The average molecular weight is 435 g/mol. The van der Waals surface area contributed by atoms with E-state index < -0.39 is 0 Å². The van der Waals surface area contributed by atoms with Gasteiger partial charge in [-0.05, 0) is 93.3 Å². The van der Waals surface area contributed by atoms with Gasteiger partial charge < -0.3 is 4.43 Å². The number of allylic oxidation sites excluding steroid dienone is 2. The molecule has 0 amide bonds. The van der Waals surface area contributed by atoms with Crippen LogP contribution in [-0.2, 0) is 4.43 Å². The molecule has 0 aromatic heterocycles. The molecule has 0 heterocycles. The molecular weight excluding hydrogens is 380 g/mol. The zero-order chi connectivity index (χ0) is 22.4. The molecule has 2 aliphatic carbocycles. The van der Waals surface area contributed by atoms with Gasteiger partial charge in [-0.1, -0.05) is 73.5 Å². The van der Waals surface area contributed by atoms with Gasteiger partial charge in [-0.3, -0.25) is 0 Å². The predicted molar refractivity (Wildman–Crippen MR) is 137 cm³/mol. The first-order valence-electron chi connectivity index (χ1n) is 13.4. The van der Waals surface area contributed by atoms with Crippen LogP contribution in [0.4, 0.5) is 0 Å². The van der Waals surface area contributed by atoms with Crippen LogP contribution in [0.25, 0.3) is 0 Å². The highest BCUT2D eigenvalue weighted by atomic mass is 28.2. The molecule has 0 aromatic rings. The molecule has 176 valence electrons. The van der Waals surface area contributed by atoms with E-state index in [-0.39, 0.29) is 5.60 Å². The smallest absolute Gasteiger partial charge is 0.146 e. The van der Waals surface area contributed by atoms with Crippen LogP contribution in [-0.4, -0.2) is 16.1 Å². The summed E-state index contributed by atoms with van der Waals surface area (Å²) in [5.41, 5.74) is 0.401. The summed E-state index contributed by atoms with van der Waals surface area (Å²) in [6.07, 6.45) is 20.4. The third-order valence-electron chi connectivity index (χ3n) is 9.43. The molecule has 2 heteroatoms. The summed E-state index contributed by atoms with van der Waals surface area (Å²) in [4.78, 5) is 0. The summed E-state index contributed by atoms with van der Waals surface area (Å²) in [7, 11) is 0.852. The van der Waals surface area contributed by atoms with Gasteiger partial charge in [-0.2, -0.15) is 0 Å². The van der Waals surface area contributed by atoms with Gasteiger partial charge in [0.2, 0.25) is 0 Å². The van der Waals surface area contributed by atoms with E-state index >= 15 is 0 Å². The molecule has 30 heavy (non-hydrogen) atoms. The van der Waals surface area contributed by atoms with Crippen LogP contribution in [0.1, 0.15) is 119 Å². The maximum Gasteiger partial charge on any atom is 0.146 e. The summed E-state index contributed by atoms with van der Waals surface area (Å²) < 4.78 is 6.58. The van der Waals surface area contributed by atoms with E-state index in [1.807, 2.05) is 0 Å². The van der Waals surface area contributed by atoms with Gasteiger partial charge in [0.05, 0.1) is 5.60 Å². The Hall–Kier alpha value is -0.0831. The highest BCUT2D eigenvalue weighted by molar-refractivity contribution is 5.98. The summed E-state index contributed by atoms with van der Waals surface area (Å²) in [6, 6.07) is 0. The SMILES string of the molecule is CCC[C@H]1CC[C@H](/C=C/CCC2CCC(O[SiH3])(C(C)C)C(C(C)C)(C(C)C)C2)CC1. The molecule has 0 radical (unpaired) electrons. The fourth-order valence-electron chi connectivity index (χ4n) is 7.82. The van der Waals surface area contributed by atoms with Crippen LogP contribution in [0, 0.1) is 40.9 Å². The van der Waals surface area contributed by atoms with E-state index in [0.717, 1.165) is 28.2 Å². The van der Waals surface area contributed by atoms with Crippen LogP contribution in [0.15, 0.2) is 12.2 Å². The maximum absolute atomic E-state index is 6.58. The normalized spacial score (nSPS) is 32.7. The Morgan fingerprint density at radius 3 is 2.00 bits per heavy atom. The Bertz CT molecular complexity index is 507. The van der Waals surface area contributed by atoms with Crippen molar-refractivity contribution in [3.63, 3.8) is 0 Å². The van der Waals surface area contributed by atoms with Gasteiger partial charge in [0.1, 0.15) is 10.5 Å². The largest absolute Gasteiger partial charge is 0.422 e. The van der Waals surface area contributed by atoms with Gasteiger partial charge in [-0.15, -0.1) is 0 Å². The molecule has 0 bridgehead atoms. The van der Waals surface area contributed by atoms with Crippen molar-refractivity contribution in [2.24, 2.45) is 40.9 Å². The second kappa shape index (κ2) is 11.7. The third kappa shape index (κ3) is 5.45.